The van der Waals surface area contributed by atoms with Crippen LogP contribution >= 0.6 is 0 Å². The maximum absolute atomic E-state index is 12.1. The van der Waals surface area contributed by atoms with E-state index in [-0.39, 0.29) is 12.5 Å². The van der Waals surface area contributed by atoms with Crippen molar-refractivity contribution in [1.29, 1.82) is 0 Å². The number of rotatable bonds is 10. The normalized spacial score (nSPS) is 10.1. The Labute approximate surface area is 120 Å². The van der Waals surface area contributed by atoms with Crippen LogP contribution in [0.3, 0.4) is 0 Å². The first-order chi connectivity index (χ1) is 9.79. The van der Waals surface area contributed by atoms with Gasteiger partial charge in [0.25, 0.3) is 5.91 Å². The fourth-order valence-electron chi connectivity index (χ4n) is 1.82. The Hall–Kier alpha value is -1.81. The molecule has 0 aromatic heterocycles. The number of ether oxygens (including phenoxy) is 1. The number of nitrogens with one attached hydrogen (secondary N) is 1. The zero-order valence-electron chi connectivity index (χ0n) is 11.8. The van der Waals surface area contributed by atoms with E-state index in [2.05, 4.69) is 11.9 Å². The predicted octanol–water partition coefficient (Wildman–Crippen LogP) is 2.53. The first-order valence-corrected chi connectivity index (χ1v) is 7.01. The van der Waals surface area contributed by atoms with E-state index in [4.69, 9.17) is 9.84 Å². The van der Waals surface area contributed by atoms with E-state index in [9.17, 15) is 4.79 Å². The summed E-state index contributed by atoms with van der Waals surface area (Å²) in [6, 6.07) is 7.18. The summed E-state index contributed by atoms with van der Waals surface area (Å²) in [5, 5.41) is 11.6. The Kier molecular flexibility index (Phi) is 8.15. The summed E-state index contributed by atoms with van der Waals surface area (Å²) in [5.41, 5.74) is 0.546. The molecular formula is C16H23NO3. The smallest absolute Gasteiger partial charge is 0.255 e. The Bertz CT molecular complexity index is 418. The molecule has 0 unspecified atom stereocenters. The number of unbranched alkanes of at least 4 members (excludes halogenated alkanes) is 3. The lowest BCUT2D eigenvalue weighted by Gasteiger charge is -2.10. The Morgan fingerprint density at radius 3 is 2.75 bits per heavy atom. The number of aliphatic hydroxyl groups excluding tert-OH is 1. The second-order valence-electron chi connectivity index (χ2n) is 4.49. The van der Waals surface area contributed by atoms with Crippen molar-refractivity contribution in [2.45, 2.75) is 25.7 Å². The highest BCUT2D eigenvalue weighted by Gasteiger charge is 2.10. The molecule has 1 rings (SSSR count). The number of hydrogen-bond acceptors (Lipinski definition) is 3. The zero-order valence-corrected chi connectivity index (χ0v) is 11.8. The molecule has 0 spiro atoms. The Balaban J connectivity index is 2.40. The van der Waals surface area contributed by atoms with Crippen LogP contribution in [0.4, 0.5) is 0 Å². The predicted molar refractivity (Wildman–Crippen MR) is 80.0 cm³/mol. The van der Waals surface area contributed by atoms with Crippen LogP contribution in [0.25, 0.3) is 0 Å². The van der Waals surface area contributed by atoms with Crippen LogP contribution in [0.2, 0.25) is 0 Å². The molecule has 1 amide bonds. The van der Waals surface area contributed by atoms with Crippen molar-refractivity contribution in [3.05, 3.63) is 42.5 Å². The molecule has 0 bridgehead atoms. The molecule has 0 fully saturated rings. The third-order valence-electron chi connectivity index (χ3n) is 2.86. The van der Waals surface area contributed by atoms with Gasteiger partial charge in [-0.05, 0) is 25.0 Å². The average Bonchev–Trinajstić information content (AvgIpc) is 2.48. The zero-order chi connectivity index (χ0) is 14.6. The average molecular weight is 277 g/mol. The minimum absolute atomic E-state index is 0.119. The van der Waals surface area contributed by atoms with Gasteiger partial charge < -0.3 is 15.2 Å². The van der Waals surface area contributed by atoms with E-state index in [0.29, 0.717) is 24.5 Å². The van der Waals surface area contributed by atoms with Gasteiger partial charge in [0.05, 0.1) is 5.56 Å². The van der Waals surface area contributed by atoms with E-state index < -0.39 is 0 Å². The van der Waals surface area contributed by atoms with Crippen LogP contribution < -0.4 is 10.1 Å². The highest BCUT2D eigenvalue weighted by molar-refractivity contribution is 5.96. The van der Waals surface area contributed by atoms with Gasteiger partial charge in [0.15, 0.2) is 0 Å². The topological polar surface area (TPSA) is 58.6 Å². The van der Waals surface area contributed by atoms with Crippen molar-refractivity contribution < 1.29 is 14.6 Å². The summed E-state index contributed by atoms with van der Waals surface area (Å²) in [4.78, 5) is 12.1. The highest BCUT2D eigenvalue weighted by atomic mass is 16.5. The molecule has 0 saturated heterocycles. The molecule has 4 heteroatoms. The fraction of sp³-hybridized carbons (Fsp3) is 0.438. The third kappa shape index (κ3) is 5.89. The first-order valence-electron chi connectivity index (χ1n) is 7.01. The van der Waals surface area contributed by atoms with Crippen molar-refractivity contribution in [3.63, 3.8) is 0 Å². The second-order valence-corrected chi connectivity index (χ2v) is 4.49. The van der Waals surface area contributed by atoms with Gasteiger partial charge in [0.1, 0.15) is 12.4 Å². The molecule has 0 radical (unpaired) electrons. The van der Waals surface area contributed by atoms with E-state index in [1.807, 2.05) is 12.1 Å². The molecule has 1 aromatic carbocycles. The number of amides is 1. The van der Waals surface area contributed by atoms with E-state index >= 15 is 0 Å². The van der Waals surface area contributed by atoms with Crippen molar-refractivity contribution in [3.8, 4) is 5.75 Å². The summed E-state index contributed by atoms with van der Waals surface area (Å²) in [5.74, 6) is 0.456. The number of benzene rings is 1. The third-order valence-corrected chi connectivity index (χ3v) is 2.86. The van der Waals surface area contributed by atoms with Gasteiger partial charge >= 0.3 is 0 Å². The maximum Gasteiger partial charge on any atom is 0.255 e. The monoisotopic (exact) mass is 277 g/mol. The lowest BCUT2D eigenvalue weighted by molar-refractivity contribution is 0.0949. The number of carbonyl (C=O) groups is 1. The molecule has 0 saturated carbocycles. The quantitative estimate of drug-likeness (QED) is 0.510. The minimum atomic E-state index is -0.119. The van der Waals surface area contributed by atoms with Crippen molar-refractivity contribution in [2.75, 3.05) is 19.8 Å². The van der Waals surface area contributed by atoms with Crippen molar-refractivity contribution in [1.82, 2.24) is 5.32 Å². The summed E-state index contributed by atoms with van der Waals surface area (Å²) in [6.07, 6.45) is 5.39. The molecule has 1 aromatic rings. The lowest BCUT2D eigenvalue weighted by atomic mass is 10.1. The van der Waals surface area contributed by atoms with Crippen LogP contribution in [0.1, 0.15) is 36.0 Å². The van der Waals surface area contributed by atoms with Crippen molar-refractivity contribution >= 4 is 5.91 Å². The molecule has 0 aliphatic heterocycles. The Morgan fingerprint density at radius 2 is 2.00 bits per heavy atom. The van der Waals surface area contributed by atoms with Crippen LogP contribution in [-0.4, -0.2) is 30.8 Å². The minimum Gasteiger partial charge on any atom is -0.489 e. The van der Waals surface area contributed by atoms with Gasteiger partial charge in [0.2, 0.25) is 0 Å². The van der Waals surface area contributed by atoms with Crippen LogP contribution in [0.15, 0.2) is 36.9 Å². The van der Waals surface area contributed by atoms with Gasteiger partial charge in [-0.15, -0.1) is 0 Å². The Morgan fingerprint density at radius 1 is 1.25 bits per heavy atom. The molecule has 4 nitrogen and oxygen atoms in total. The molecule has 0 atom stereocenters. The van der Waals surface area contributed by atoms with Crippen molar-refractivity contribution in [2.24, 2.45) is 0 Å². The van der Waals surface area contributed by atoms with E-state index in [0.717, 1.165) is 25.7 Å². The van der Waals surface area contributed by atoms with Crippen LogP contribution in [0.5, 0.6) is 5.75 Å². The second kappa shape index (κ2) is 10.0. The van der Waals surface area contributed by atoms with E-state index in [1.165, 1.54) is 0 Å². The van der Waals surface area contributed by atoms with Crippen LogP contribution in [-0.2, 0) is 0 Å². The molecule has 0 aliphatic rings. The first kappa shape index (κ1) is 16.2. The molecule has 2 N–H and O–H groups in total. The van der Waals surface area contributed by atoms with Gasteiger partial charge in [-0.1, -0.05) is 37.6 Å². The molecule has 0 heterocycles. The summed E-state index contributed by atoms with van der Waals surface area (Å²) in [6.45, 7) is 4.85. The summed E-state index contributed by atoms with van der Waals surface area (Å²) >= 11 is 0. The lowest BCUT2D eigenvalue weighted by Crippen LogP contribution is -2.25. The van der Waals surface area contributed by atoms with Gasteiger partial charge in [-0.2, -0.15) is 0 Å². The number of para-hydroxylation sites is 1. The van der Waals surface area contributed by atoms with Crippen LogP contribution in [0, 0.1) is 0 Å². The standard InChI is InChI=1S/C16H23NO3/c1-2-13-20-15-10-6-5-9-14(15)16(19)17-11-7-3-4-8-12-18/h2,5-6,9-10,18H,1,3-4,7-8,11-13H2,(H,17,19). The number of aliphatic hydroxyl groups is 1. The SMILES string of the molecule is C=CCOc1ccccc1C(=O)NCCCCCCO. The number of hydrogen-bond donors (Lipinski definition) is 2. The fourth-order valence-corrected chi connectivity index (χ4v) is 1.82. The molecule has 20 heavy (non-hydrogen) atoms. The van der Waals surface area contributed by atoms with Gasteiger partial charge in [-0.3, -0.25) is 4.79 Å². The van der Waals surface area contributed by atoms with E-state index in [1.54, 1.807) is 18.2 Å². The largest absolute Gasteiger partial charge is 0.489 e. The van der Waals surface area contributed by atoms with Gasteiger partial charge in [-0.25, -0.2) is 0 Å². The molecule has 110 valence electrons. The maximum atomic E-state index is 12.1. The highest BCUT2D eigenvalue weighted by Crippen LogP contribution is 2.17. The molecular weight excluding hydrogens is 254 g/mol. The number of carbonyl (C=O) groups excluding carboxylic acids is 1. The summed E-state index contributed by atoms with van der Waals surface area (Å²) < 4.78 is 5.46. The summed E-state index contributed by atoms with van der Waals surface area (Å²) in [7, 11) is 0. The van der Waals surface area contributed by atoms with Gasteiger partial charge in [0, 0.05) is 13.2 Å². The molecule has 0 aliphatic carbocycles.